The second kappa shape index (κ2) is 11.8. The zero-order chi connectivity index (χ0) is 25.7. The zero-order valence-electron chi connectivity index (χ0n) is 20.9. The Morgan fingerprint density at radius 1 is 1.14 bits per heavy atom. The SMILES string of the molecule is CCOC(=O)CCCCc1c(CN2CCS(=O)(=O)CC2)nn2c(CC)ccc2c1-c1cncc(Br)c1. The van der Waals surface area contributed by atoms with E-state index in [1.54, 1.807) is 6.20 Å². The van der Waals surface area contributed by atoms with E-state index in [0.717, 1.165) is 63.8 Å². The third-order valence-electron chi connectivity index (χ3n) is 6.59. The lowest BCUT2D eigenvalue weighted by molar-refractivity contribution is -0.143. The van der Waals surface area contributed by atoms with Crippen LogP contribution in [0.4, 0.5) is 0 Å². The molecule has 36 heavy (non-hydrogen) atoms. The second-order valence-corrected chi connectivity index (χ2v) is 12.3. The fourth-order valence-corrected chi connectivity index (χ4v) is 6.36. The van der Waals surface area contributed by atoms with Crippen LogP contribution in [0, 0.1) is 0 Å². The maximum atomic E-state index is 12.0. The summed E-state index contributed by atoms with van der Waals surface area (Å²) in [5.41, 5.74) is 6.30. The minimum atomic E-state index is -2.97. The van der Waals surface area contributed by atoms with Gasteiger partial charge in [0.2, 0.25) is 0 Å². The molecule has 194 valence electrons. The molecule has 0 radical (unpaired) electrons. The molecule has 0 bridgehead atoms. The molecule has 0 N–H and O–H groups in total. The van der Waals surface area contributed by atoms with Crippen molar-refractivity contribution >= 4 is 37.3 Å². The average molecular weight is 578 g/mol. The predicted molar refractivity (Wildman–Crippen MR) is 144 cm³/mol. The summed E-state index contributed by atoms with van der Waals surface area (Å²) in [4.78, 5) is 18.5. The van der Waals surface area contributed by atoms with Gasteiger partial charge in [-0.15, -0.1) is 0 Å². The molecule has 0 atom stereocenters. The number of fused-ring (bicyclic) bond motifs is 1. The van der Waals surface area contributed by atoms with Crippen molar-refractivity contribution in [3.05, 3.63) is 52.0 Å². The second-order valence-electron chi connectivity index (χ2n) is 9.11. The quantitative estimate of drug-likeness (QED) is 0.263. The standard InChI is InChI=1S/C26H33BrN4O4S/c1-3-21-9-10-24-26(19-15-20(27)17-28-16-19)22(7-5-6-8-25(32)35-4-2)23(29-31(21)24)18-30-11-13-36(33,34)14-12-30/h9-10,15-17H,3-8,11-14,18H2,1-2H3. The number of carbonyl (C=O) groups excluding carboxylic acids is 1. The minimum absolute atomic E-state index is 0.170. The van der Waals surface area contributed by atoms with E-state index >= 15 is 0 Å². The molecule has 0 unspecified atom stereocenters. The molecule has 0 spiro atoms. The predicted octanol–water partition coefficient (Wildman–Crippen LogP) is 4.23. The number of aromatic nitrogens is 3. The highest BCUT2D eigenvalue weighted by atomic mass is 79.9. The lowest BCUT2D eigenvalue weighted by Crippen LogP contribution is -2.40. The largest absolute Gasteiger partial charge is 0.466 e. The zero-order valence-corrected chi connectivity index (χ0v) is 23.3. The van der Waals surface area contributed by atoms with E-state index in [1.807, 2.05) is 17.6 Å². The van der Waals surface area contributed by atoms with Gasteiger partial charge in [0.05, 0.1) is 29.3 Å². The number of sulfone groups is 1. The average Bonchev–Trinajstić information content (AvgIpc) is 3.25. The van der Waals surface area contributed by atoms with Gasteiger partial charge in [0, 0.05) is 59.7 Å². The maximum absolute atomic E-state index is 12.0. The smallest absolute Gasteiger partial charge is 0.305 e. The van der Waals surface area contributed by atoms with Gasteiger partial charge in [0.25, 0.3) is 0 Å². The van der Waals surface area contributed by atoms with E-state index in [0.29, 0.717) is 32.7 Å². The summed E-state index contributed by atoms with van der Waals surface area (Å²) in [7, 11) is -2.97. The van der Waals surface area contributed by atoms with Crippen LogP contribution in [0.1, 0.15) is 50.1 Å². The molecule has 0 saturated carbocycles. The maximum Gasteiger partial charge on any atom is 0.305 e. The first kappa shape index (κ1) is 26.8. The van der Waals surface area contributed by atoms with Gasteiger partial charge in [-0.05, 0) is 72.3 Å². The van der Waals surface area contributed by atoms with Gasteiger partial charge >= 0.3 is 5.97 Å². The first-order valence-corrected chi connectivity index (χ1v) is 15.1. The Balaban J connectivity index is 1.75. The molecule has 0 aromatic carbocycles. The number of pyridine rings is 1. The van der Waals surface area contributed by atoms with Crippen molar-refractivity contribution in [3.8, 4) is 11.1 Å². The molecule has 3 aromatic rings. The van der Waals surface area contributed by atoms with E-state index in [-0.39, 0.29) is 17.5 Å². The number of esters is 1. The lowest BCUT2D eigenvalue weighted by Gasteiger charge is -2.27. The molecule has 1 aliphatic heterocycles. The van der Waals surface area contributed by atoms with Crippen LogP contribution in [0.5, 0.6) is 0 Å². The number of hydrogen-bond donors (Lipinski definition) is 0. The highest BCUT2D eigenvalue weighted by Crippen LogP contribution is 2.34. The number of aryl methyl sites for hydroxylation is 1. The highest BCUT2D eigenvalue weighted by Gasteiger charge is 2.25. The van der Waals surface area contributed by atoms with Crippen molar-refractivity contribution in [2.45, 2.75) is 52.5 Å². The van der Waals surface area contributed by atoms with Crippen LogP contribution >= 0.6 is 15.9 Å². The van der Waals surface area contributed by atoms with Crippen molar-refractivity contribution in [2.24, 2.45) is 0 Å². The third kappa shape index (κ3) is 6.33. The van der Waals surface area contributed by atoms with Crippen LogP contribution in [0.15, 0.2) is 35.1 Å². The summed E-state index contributed by atoms with van der Waals surface area (Å²) in [6, 6.07) is 6.29. The van der Waals surface area contributed by atoms with Crippen molar-refractivity contribution in [3.63, 3.8) is 0 Å². The van der Waals surface area contributed by atoms with Gasteiger partial charge in [0.1, 0.15) is 0 Å². The number of unbranched alkanes of at least 4 members (excludes halogenated alkanes) is 1. The Morgan fingerprint density at radius 3 is 2.61 bits per heavy atom. The molecular weight excluding hydrogens is 544 g/mol. The van der Waals surface area contributed by atoms with Gasteiger partial charge in [-0.3, -0.25) is 14.7 Å². The fourth-order valence-electron chi connectivity index (χ4n) is 4.72. The number of nitrogens with zero attached hydrogens (tertiary/aromatic N) is 4. The number of ether oxygens (including phenoxy) is 1. The summed E-state index contributed by atoms with van der Waals surface area (Å²) >= 11 is 3.57. The van der Waals surface area contributed by atoms with E-state index in [9.17, 15) is 13.2 Å². The van der Waals surface area contributed by atoms with Crippen LogP contribution in [0.2, 0.25) is 0 Å². The normalized spacial score (nSPS) is 15.9. The van der Waals surface area contributed by atoms with Gasteiger partial charge in [0.15, 0.2) is 9.84 Å². The number of rotatable bonds is 10. The number of halogens is 1. The minimum Gasteiger partial charge on any atom is -0.466 e. The van der Waals surface area contributed by atoms with Gasteiger partial charge in [-0.25, -0.2) is 12.9 Å². The highest BCUT2D eigenvalue weighted by molar-refractivity contribution is 9.10. The first-order chi connectivity index (χ1) is 17.3. The van der Waals surface area contributed by atoms with Crippen molar-refractivity contribution < 1.29 is 17.9 Å². The molecule has 4 heterocycles. The van der Waals surface area contributed by atoms with E-state index in [2.05, 4.69) is 50.9 Å². The summed E-state index contributed by atoms with van der Waals surface area (Å²) in [5, 5.41) is 5.09. The molecule has 3 aromatic heterocycles. The molecule has 4 rings (SSSR count). The van der Waals surface area contributed by atoms with Crippen LogP contribution < -0.4 is 0 Å². The Labute approximate surface area is 221 Å². The van der Waals surface area contributed by atoms with Gasteiger partial charge in [-0.1, -0.05) is 6.92 Å². The van der Waals surface area contributed by atoms with Crippen molar-refractivity contribution in [1.82, 2.24) is 19.5 Å². The molecule has 10 heteroatoms. The molecule has 0 amide bonds. The van der Waals surface area contributed by atoms with Crippen LogP contribution in [0.25, 0.3) is 16.6 Å². The van der Waals surface area contributed by atoms with Crippen LogP contribution in [-0.4, -0.2) is 65.1 Å². The number of hydrogen-bond acceptors (Lipinski definition) is 7. The fraction of sp³-hybridized carbons (Fsp3) is 0.500. The van der Waals surface area contributed by atoms with Gasteiger partial charge in [-0.2, -0.15) is 5.10 Å². The van der Waals surface area contributed by atoms with Crippen molar-refractivity contribution in [2.75, 3.05) is 31.2 Å². The molecule has 8 nitrogen and oxygen atoms in total. The third-order valence-corrected chi connectivity index (χ3v) is 8.63. The number of carbonyl (C=O) groups is 1. The summed E-state index contributed by atoms with van der Waals surface area (Å²) < 4.78 is 32.0. The molecule has 1 fully saturated rings. The van der Waals surface area contributed by atoms with Crippen molar-refractivity contribution in [1.29, 1.82) is 0 Å². The van der Waals surface area contributed by atoms with E-state index in [4.69, 9.17) is 9.84 Å². The summed E-state index contributed by atoms with van der Waals surface area (Å²) in [5.74, 6) is 0.184. The molecule has 1 saturated heterocycles. The molecule has 0 aliphatic carbocycles. The lowest BCUT2D eigenvalue weighted by atomic mass is 9.95. The van der Waals surface area contributed by atoms with E-state index < -0.39 is 9.84 Å². The van der Waals surface area contributed by atoms with E-state index in [1.165, 1.54) is 0 Å². The Morgan fingerprint density at radius 2 is 1.92 bits per heavy atom. The Hall–Kier alpha value is -2.30. The Bertz CT molecular complexity index is 1330. The van der Waals surface area contributed by atoms with Crippen LogP contribution in [0.3, 0.4) is 0 Å². The van der Waals surface area contributed by atoms with Gasteiger partial charge < -0.3 is 4.74 Å². The summed E-state index contributed by atoms with van der Waals surface area (Å²) in [6.07, 6.45) is 7.17. The Kier molecular flexibility index (Phi) is 8.79. The monoisotopic (exact) mass is 576 g/mol. The topological polar surface area (TPSA) is 93.9 Å². The molecule has 1 aliphatic rings. The molecular formula is C26H33BrN4O4S. The summed E-state index contributed by atoms with van der Waals surface area (Å²) in [6.45, 7) is 5.91. The van der Waals surface area contributed by atoms with Crippen LogP contribution in [-0.2, 0) is 38.8 Å². The first-order valence-electron chi connectivity index (χ1n) is 12.5.